The van der Waals surface area contributed by atoms with Crippen LogP contribution < -0.4 is 4.72 Å². The van der Waals surface area contributed by atoms with Crippen LogP contribution in [0.25, 0.3) is 10.9 Å². The lowest BCUT2D eigenvalue weighted by Crippen LogP contribution is -2.29. The van der Waals surface area contributed by atoms with Gasteiger partial charge in [0.2, 0.25) is 0 Å². The lowest BCUT2D eigenvalue weighted by molar-refractivity contribution is 0.527. The van der Waals surface area contributed by atoms with Gasteiger partial charge in [-0.05, 0) is 24.3 Å². The second-order valence-corrected chi connectivity index (χ2v) is 6.18. The Hall–Kier alpha value is -1.37. The number of hydrogen-bond donors (Lipinski definition) is 1. The Morgan fingerprint density at radius 2 is 2.00 bits per heavy atom. The van der Waals surface area contributed by atoms with Crippen LogP contribution in [0.1, 0.15) is 0 Å². The quantitative estimate of drug-likeness (QED) is 0.939. The summed E-state index contributed by atoms with van der Waals surface area (Å²) in [5.74, 6) is 0. The van der Waals surface area contributed by atoms with E-state index in [1.54, 1.807) is 30.5 Å². The molecule has 5 nitrogen and oxygen atoms in total. The number of anilines is 1. The number of nitrogens with one attached hydrogen (secondary N) is 1. The summed E-state index contributed by atoms with van der Waals surface area (Å²) in [7, 11) is -0.651. The lowest BCUT2D eigenvalue weighted by Gasteiger charge is -2.14. The van der Waals surface area contributed by atoms with Crippen molar-refractivity contribution in [1.29, 1.82) is 0 Å². The van der Waals surface area contributed by atoms with E-state index in [1.807, 2.05) is 0 Å². The first-order valence-corrected chi connectivity index (χ1v) is 6.97. The molecule has 0 aliphatic heterocycles. The Kier molecular flexibility index (Phi) is 3.43. The van der Waals surface area contributed by atoms with Gasteiger partial charge >= 0.3 is 10.2 Å². The number of pyridine rings is 1. The molecule has 0 saturated carbocycles. The fourth-order valence-electron chi connectivity index (χ4n) is 1.45. The predicted molar refractivity (Wildman–Crippen MR) is 73.0 cm³/mol. The summed E-state index contributed by atoms with van der Waals surface area (Å²) in [6.07, 6.45) is 1.59. The first-order valence-electron chi connectivity index (χ1n) is 5.15. The smallest absolute Gasteiger partial charge is 0.269 e. The number of benzene rings is 1. The second kappa shape index (κ2) is 4.72. The predicted octanol–water partition coefficient (Wildman–Crippen LogP) is 2.11. The highest BCUT2D eigenvalue weighted by Crippen LogP contribution is 2.28. The van der Waals surface area contributed by atoms with Gasteiger partial charge in [-0.3, -0.25) is 9.71 Å². The van der Waals surface area contributed by atoms with Gasteiger partial charge in [-0.2, -0.15) is 12.7 Å². The first kappa shape index (κ1) is 13.1. The third kappa shape index (κ3) is 2.40. The first-order chi connectivity index (χ1) is 8.42. The van der Waals surface area contributed by atoms with Gasteiger partial charge in [0.1, 0.15) is 0 Å². The summed E-state index contributed by atoms with van der Waals surface area (Å²) in [6, 6.07) is 6.77. The highest BCUT2D eigenvalue weighted by molar-refractivity contribution is 7.90. The van der Waals surface area contributed by atoms with E-state index in [9.17, 15) is 8.42 Å². The molecule has 18 heavy (non-hydrogen) atoms. The van der Waals surface area contributed by atoms with Crippen LogP contribution in [0.3, 0.4) is 0 Å². The molecule has 1 aromatic carbocycles. The minimum Gasteiger partial charge on any atom is -0.269 e. The summed E-state index contributed by atoms with van der Waals surface area (Å²) in [6.45, 7) is 0. The van der Waals surface area contributed by atoms with Crippen molar-refractivity contribution >= 4 is 38.4 Å². The molecule has 0 radical (unpaired) electrons. The van der Waals surface area contributed by atoms with Crippen LogP contribution in [0, 0.1) is 0 Å². The van der Waals surface area contributed by atoms with E-state index in [4.69, 9.17) is 11.6 Å². The molecule has 1 aromatic heterocycles. The third-order valence-corrected chi connectivity index (χ3v) is 4.21. The van der Waals surface area contributed by atoms with Crippen molar-refractivity contribution in [2.75, 3.05) is 18.8 Å². The number of hydrogen-bond acceptors (Lipinski definition) is 3. The fraction of sp³-hybridized carbons (Fsp3) is 0.182. The van der Waals surface area contributed by atoms with Crippen molar-refractivity contribution < 1.29 is 8.42 Å². The van der Waals surface area contributed by atoms with Crippen molar-refractivity contribution in [2.45, 2.75) is 0 Å². The second-order valence-electron chi connectivity index (χ2n) is 3.88. The van der Waals surface area contributed by atoms with Crippen LogP contribution in [-0.4, -0.2) is 31.8 Å². The third-order valence-electron chi connectivity index (χ3n) is 2.44. The molecule has 0 amide bonds. The molecule has 0 aliphatic carbocycles. The molecule has 0 atom stereocenters. The maximum atomic E-state index is 11.8. The molecule has 7 heteroatoms. The molecule has 0 aliphatic rings. The fourth-order valence-corrected chi connectivity index (χ4v) is 2.29. The molecule has 0 fully saturated rings. The molecular formula is C11H12ClN3O2S. The van der Waals surface area contributed by atoms with Crippen molar-refractivity contribution in [2.24, 2.45) is 0 Å². The molecule has 0 spiro atoms. The van der Waals surface area contributed by atoms with Crippen LogP contribution >= 0.6 is 11.6 Å². The normalized spacial score (nSPS) is 12.0. The van der Waals surface area contributed by atoms with E-state index in [0.29, 0.717) is 21.6 Å². The average Bonchev–Trinajstić information content (AvgIpc) is 2.33. The largest absolute Gasteiger partial charge is 0.301 e. The van der Waals surface area contributed by atoms with E-state index in [2.05, 4.69) is 9.71 Å². The summed E-state index contributed by atoms with van der Waals surface area (Å²) >= 11 is 6.04. The summed E-state index contributed by atoms with van der Waals surface area (Å²) in [5.41, 5.74) is 0.930. The number of aromatic nitrogens is 1. The Morgan fingerprint density at radius 3 is 2.67 bits per heavy atom. The van der Waals surface area contributed by atoms with Crippen LogP contribution in [0.2, 0.25) is 5.02 Å². The highest BCUT2D eigenvalue weighted by Gasteiger charge is 2.15. The highest BCUT2D eigenvalue weighted by atomic mass is 35.5. The van der Waals surface area contributed by atoms with Gasteiger partial charge in [-0.1, -0.05) is 11.6 Å². The Morgan fingerprint density at radius 1 is 1.28 bits per heavy atom. The van der Waals surface area contributed by atoms with Crippen LogP contribution in [-0.2, 0) is 10.2 Å². The van der Waals surface area contributed by atoms with Gasteiger partial charge in [0.15, 0.2) is 0 Å². The molecule has 0 saturated heterocycles. The monoisotopic (exact) mass is 285 g/mol. The van der Waals surface area contributed by atoms with E-state index in [-0.39, 0.29) is 0 Å². The maximum Gasteiger partial charge on any atom is 0.301 e. The minimum absolute atomic E-state index is 0.406. The standard InChI is InChI=1S/C11H12ClN3O2S/c1-15(2)18(16,17)14-10-6-5-9(12)8-4-3-7-13-11(8)10/h3-7,14H,1-2H3. The summed E-state index contributed by atoms with van der Waals surface area (Å²) in [4.78, 5) is 4.16. The van der Waals surface area contributed by atoms with E-state index in [0.717, 1.165) is 4.31 Å². The van der Waals surface area contributed by atoms with Gasteiger partial charge in [0.05, 0.1) is 16.2 Å². The van der Waals surface area contributed by atoms with Gasteiger partial charge in [-0.15, -0.1) is 0 Å². The number of rotatable bonds is 3. The van der Waals surface area contributed by atoms with Crippen molar-refractivity contribution in [3.8, 4) is 0 Å². The van der Waals surface area contributed by atoms with E-state index >= 15 is 0 Å². The average molecular weight is 286 g/mol. The van der Waals surface area contributed by atoms with Crippen LogP contribution in [0.15, 0.2) is 30.5 Å². The molecule has 1 heterocycles. The van der Waals surface area contributed by atoms with Crippen molar-refractivity contribution in [3.05, 3.63) is 35.5 Å². The molecule has 0 unspecified atom stereocenters. The molecule has 2 rings (SSSR count). The Balaban J connectivity index is 2.57. The Labute approximate surface area is 111 Å². The SMILES string of the molecule is CN(C)S(=O)(=O)Nc1ccc(Cl)c2cccnc12. The van der Waals surface area contributed by atoms with Gasteiger partial charge < -0.3 is 0 Å². The Bertz CT molecular complexity index is 686. The summed E-state index contributed by atoms with van der Waals surface area (Å²) < 4.78 is 27.1. The van der Waals surface area contributed by atoms with Crippen molar-refractivity contribution in [3.63, 3.8) is 0 Å². The minimum atomic E-state index is -3.56. The number of halogens is 1. The van der Waals surface area contributed by atoms with Crippen LogP contribution in [0.5, 0.6) is 0 Å². The van der Waals surface area contributed by atoms with Gasteiger partial charge in [0.25, 0.3) is 0 Å². The molecule has 2 aromatic rings. The lowest BCUT2D eigenvalue weighted by atomic mass is 10.2. The van der Waals surface area contributed by atoms with Crippen LogP contribution in [0.4, 0.5) is 5.69 Å². The van der Waals surface area contributed by atoms with Crippen molar-refractivity contribution in [1.82, 2.24) is 9.29 Å². The van der Waals surface area contributed by atoms with E-state index < -0.39 is 10.2 Å². The van der Waals surface area contributed by atoms with Gasteiger partial charge in [-0.25, -0.2) is 0 Å². The molecule has 0 bridgehead atoms. The molecule has 1 N–H and O–H groups in total. The zero-order valence-corrected chi connectivity index (χ0v) is 11.5. The zero-order chi connectivity index (χ0) is 13.3. The van der Waals surface area contributed by atoms with Gasteiger partial charge in [0, 0.05) is 25.7 Å². The number of fused-ring (bicyclic) bond motifs is 1. The number of nitrogens with zero attached hydrogens (tertiary/aromatic N) is 2. The molecular weight excluding hydrogens is 274 g/mol. The zero-order valence-electron chi connectivity index (χ0n) is 9.88. The maximum absolute atomic E-state index is 11.8. The topological polar surface area (TPSA) is 62.3 Å². The summed E-state index contributed by atoms with van der Waals surface area (Å²) in [5, 5.41) is 1.24. The van der Waals surface area contributed by atoms with E-state index in [1.165, 1.54) is 14.1 Å². The molecule has 96 valence electrons.